The van der Waals surface area contributed by atoms with Gasteiger partial charge in [-0.05, 0) is 13.3 Å². The van der Waals surface area contributed by atoms with Gasteiger partial charge in [0.1, 0.15) is 15.7 Å². The summed E-state index contributed by atoms with van der Waals surface area (Å²) in [6.45, 7) is 1.81. The van der Waals surface area contributed by atoms with Crippen molar-refractivity contribution in [1.29, 1.82) is 0 Å². The van der Waals surface area contributed by atoms with Crippen LogP contribution in [0.2, 0.25) is 0 Å². The second-order valence-corrected chi connectivity index (χ2v) is 7.06. The molecule has 2 aromatic heterocycles. The molecular formula is C13H16N4O5S2. The lowest BCUT2D eigenvalue weighted by Crippen LogP contribution is -2.16. The zero-order chi connectivity index (χ0) is 17.6. The van der Waals surface area contributed by atoms with E-state index in [1.165, 1.54) is 17.9 Å². The van der Waals surface area contributed by atoms with Crippen molar-refractivity contribution < 1.29 is 23.1 Å². The number of aryl methyl sites for hydroxylation is 1. The second kappa shape index (κ2) is 8.13. The molecule has 0 aliphatic carbocycles. The Labute approximate surface area is 142 Å². The first-order valence-electron chi connectivity index (χ1n) is 7.03. The summed E-state index contributed by atoms with van der Waals surface area (Å²) in [5.74, 6) is -0.264. The fourth-order valence-corrected chi connectivity index (χ4v) is 3.57. The molecular weight excluding hydrogens is 356 g/mol. The lowest BCUT2D eigenvalue weighted by atomic mass is 10.3. The molecule has 2 N–H and O–H groups in total. The molecule has 2 heterocycles. The lowest BCUT2D eigenvalue weighted by molar-refractivity contribution is 0.0521. The minimum absolute atomic E-state index is 0.00692. The molecule has 0 atom stereocenters. The average Bonchev–Trinajstić information content (AvgIpc) is 3.01. The predicted molar refractivity (Wildman–Crippen MR) is 86.3 cm³/mol. The summed E-state index contributed by atoms with van der Waals surface area (Å²) >= 11 is 0.969. The van der Waals surface area contributed by atoms with Gasteiger partial charge in [0.15, 0.2) is 5.69 Å². The first-order valence-corrected chi connectivity index (χ1v) is 9.39. The van der Waals surface area contributed by atoms with Gasteiger partial charge >= 0.3 is 5.97 Å². The predicted octanol–water partition coefficient (Wildman–Crippen LogP) is 0.836. The quantitative estimate of drug-likeness (QED) is 0.652. The summed E-state index contributed by atoms with van der Waals surface area (Å²) < 4.78 is 31.8. The van der Waals surface area contributed by atoms with Crippen LogP contribution in [0.15, 0.2) is 22.8 Å². The van der Waals surface area contributed by atoms with Crippen LogP contribution < -0.4 is 4.72 Å². The number of thiazole rings is 1. The molecule has 0 unspecified atom stereocenters. The molecule has 0 spiro atoms. The fourth-order valence-electron chi connectivity index (χ4n) is 1.69. The van der Waals surface area contributed by atoms with Crippen molar-refractivity contribution in [3.05, 3.63) is 29.4 Å². The maximum Gasteiger partial charge on any atom is 0.360 e. The highest BCUT2D eigenvalue weighted by atomic mass is 32.2. The maximum atomic E-state index is 12.4. The zero-order valence-corrected chi connectivity index (χ0v) is 14.4. The van der Waals surface area contributed by atoms with Gasteiger partial charge in [-0.2, -0.15) is 0 Å². The number of ether oxygens (including phenoxy) is 1. The SMILES string of the molecule is CCOC(=O)c1ncsc1NS(=O)(=O)c1cnc(CCCO)nc1. The van der Waals surface area contributed by atoms with E-state index >= 15 is 0 Å². The van der Waals surface area contributed by atoms with Crippen molar-refractivity contribution in [3.8, 4) is 0 Å². The highest BCUT2D eigenvalue weighted by molar-refractivity contribution is 7.93. The molecule has 130 valence electrons. The molecule has 0 aliphatic rings. The topological polar surface area (TPSA) is 131 Å². The third kappa shape index (κ3) is 4.46. The number of nitrogens with one attached hydrogen (secondary N) is 1. The molecule has 0 fully saturated rings. The van der Waals surface area contributed by atoms with E-state index in [0.29, 0.717) is 18.7 Å². The van der Waals surface area contributed by atoms with Crippen molar-refractivity contribution in [2.75, 3.05) is 17.9 Å². The summed E-state index contributed by atoms with van der Waals surface area (Å²) in [6, 6.07) is 0. The Hall–Kier alpha value is -2.11. The number of carbonyl (C=O) groups excluding carboxylic acids is 1. The van der Waals surface area contributed by atoms with E-state index in [2.05, 4.69) is 19.7 Å². The third-order valence-corrected chi connectivity index (χ3v) is 4.99. The van der Waals surface area contributed by atoms with E-state index in [1.54, 1.807) is 6.92 Å². The summed E-state index contributed by atoms with van der Waals surface area (Å²) in [4.78, 5) is 23.3. The van der Waals surface area contributed by atoms with Crippen LogP contribution in [-0.2, 0) is 21.2 Å². The van der Waals surface area contributed by atoms with E-state index in [9.17, 15) is 13.2 Å². The van der Waals surface area contributed by atoms with Gasteiger partial charge in [-0.25, -0.2) is 28.2 Å². The highest BCUT2D eigenvalue weighted by Crippen LogP contribution is 2.24. The summed E-state index contributed by atoms with van der Waals surface area (Å²) in [7, 11) is -3.95. The Kier molecular flexibility index (Phi) is 6.17. The Morgan fingerprint density at radius 1 is 1.33 bits per heavy atom. The molecule has 2 rings (SSSR count). The smallest absolute Gasteiger partial charge is 0.360 e. The van der Waals surface area contributed by atoms with Gasteiger partial charge in [0.25, 0.3) is 10.0 Å². The van der Waals surface area contributed by atoms with Gasteiger partial charge < -0.3 is 9.84 Å². The minimum Gasteiger partial charge on any atom is -0.461 e. The van der Waals surface area contributed by atoms with Crippen LogP contribution in [0.1, 0.15) is 29.7 Å². The fraction of sp³-hybridized carbons (Fsp3) is 0.385. The monoisotopic (exact) mass is 372 g/mol. The van der Waals surface area contributed by atoms with E-state index in [1.807, 2.05) is 0 Å². The van der Waals surface area contributed by atoms with Gasteiger partial charge in [0.05, 0.1) is 24.5 Å². The third-order valence-electron chi connectivity index (χ3n) is 2.81. The van der Waals surface area contributed by atoms with E-state index in [0.717, 1.165) is 11.3 Å². The van der Waals surface area contributed by atoms with Crippen LogP contribution in [0, 0.1) is 0 Å². The van der Waals surface area contributed by atoms with Gasteiger partial charge in [-0.15, -0.1) is 11.3 Å². The van der Waals surface area contributed by atoms with Crippen LogP contribution in [0.5, 0.6) is 0 Å². The summed E-state index contributed by atoms with van der Waals surface area (Å²) in [5.41, 5.74) is 1.25. The number of carbonyl (C=O) groups is 1. The van der Waals surface area contributed by atoms with Gasteiger partial charge in [-0.3, -0.25) is 4.72 Å². The van der Waals surface area contributed by atoms with Crippen molar-refractivity contribution in [1.82, 2.24) is 15.0 Å². The Balaban J connectivity index is 2.17. The molecule has 11 heteroatoms. The van der Waals surface area contributed by atoms with Crippen LogP contribution in [-0.4, -0.2) is 47.7 Å². The van der Waals surface area contributed by atoms with Crippen molar-refractivity contribution in [2.45, 2.75) is 24.7 Å². The van der Waals surface area contributed by atoms with Crippen molar-refractivity contribution >= 4 is 32.3 Å². The normalized spacial score (nSPS) is 11.2. The van der Waals surface area contributed by atoms with E-state index < -0.39 is 16.0 Å². The van der Waals surface area contributed by atoms with E-state index in [4.69, 9.17) is 9.84 Å². The van der Waals surface area contributed by atoms with Crippen LogP contribution >= 0.6 is 11.3 Å². The Morgan fingerprint density at radius 3 is 2.67 bits per heavy atom. The van der Waals surface area contributed by atoms with Crippen LogP contribution in [0.4, 0.5) is 5.00 Å². The number of hydrogen-bond donors (Lipinski definition) is 2. The number of rotatable bonds is 8. The molecule has 0 aliphatic heterocycles. The van der Waals surface area contributed by atoms with Crippen molar-refractivity contribution in [2.24, 2.45) is 0 Å². The number of aliphatic hydroxyl groups is 1. The van der Waals surface area contributed by atoms with Crippen molar-refractivity contribution in [3.63, 3.8) is 0 Å². The molecule has 2 aromatic rings. The zero-order valence-electron chi connectivity index (χ0n) is 12.8. The number of aliphatic hydroxyl groups excluding tert-OH is 1. The first-order chi connectivity index (χ1) is 11.5. The first kappa shape index (κ1) is 18.2. The molecule has 0 saturated carbocycles. The van der Waals surface area contributed by atoms with Gasteiger partial charge in [-0.1, -0.05) is 0 Å². The standard InChI is InChI=1S/C13H16N4O5S2/c1-2-22-13(19)11-12(23-8-16-11)17-24(20,21)9-6-14-10(15-7-9)4-3-5-18/h6-8,17-18H,2-5H2,1H3. The summed E-state index contributed by atoms with van der Waals surface area (Å²) in [5, 5.41) is 8.83. The minimum atomic E-state index is -3.95. The number of anilines is 1. The number of sulfonamides is 1. The number of nitrogens with zero attached hydrogens (tertiary/aromatic N) is 3. The largest absolute Gasteiger partial charge is 0.461 e. The molecule has 0 saturated heterocycles. The number of aromatic nitrogens is 3. The molecule has 0 bridgehead atoms. The molecule has 24 heavy (non-hydrogen) atoms. The maximum absolute atomic E-state index is 12.4. The Morgan fingerprint density at radius 2 is 2.04 bits per heavy atom. The average molecular weight is 372 g/mol. The van der Waals surface area contributed by atoms with Gasteiger partial charge in [0, 0.05) is 13.0 Å². The van der Waals surface area contributed by atoms with Crippen LogP contribution in [0.3, 0.4) is 0 Å². The highest BCUT2D eigenvalue weighted by Gasteiger charge is 2.22. The molecule has 0 amide bonds. The van der Waals surface area contributed by atoms with E-state index in [-0.39, 0.29) is 28.8 Å². The number of esters is 1. The summed E-state index contributed by atoms with van der Waals surface area (Å²) in [6.07, 6.45) is 3.29. The van der Waals surface area contributed by atoms with Crippen LogP contribution in [0.25, 0.3) is 0 Å². The second-order valence-electron chi connectivity index (χ2n) is 4.52. The molecule has 9 nitrogen and oxygen atoms in total. The lowest BCUT2D eigenvalue weighted by Gasteiger charge is -2.07. The van der Waals surface area contributed by atoms with Gasteiger partial charge in [0.2, 0.25) is 0 Å². The molecule has 0 radical (unpaired) electrons. The Bertz CT molecular complexity index is 789. The molecule has 0 aromatic carbocycles. The number of hydrogen-bond acceptors (Lipinski definition) is 9.